The zero-order valence-corrected chi connectivity index (χ0v) is 21.5. The van der Waals surface area contributed by atoms with Gasteiger partial charge in [-0.05, 0) is 67.9 Å². The lowest BCUT2D eigenvalue weighted by molar-refractivity contribution is 0.0954. The summed E-state index contributed by atoms with van der Waals surface area (Å²) in [4.78, 5) is 12.6. The van der Waals surface area contributed by atoms with E-state index < -0.39 is 0 Å². The summed E-state index contributed by atoms with van der Waals surface area (Å²) in [5, 5.41) is 4.12. The zero-order valence-electron chi connectivity index (χ0n) is 18.3. The maximum Gasteiger partial charge on any atom is 0.271 e. The molecule has 0 spiro atoms. The van der Waals surface area contributed by atoms with E-state index in [2.05, 4.69) is 42.4 Å². The van der Waals surface area contributed by atoms with E-state index in [1.54, 1.807) is 24.4 Å². The largest absolute Gasteiger partial charge is 0.490 e. The molecule has 0 unspecified atom stereocenters. The molecule has 0 aliphatic heterocycles. The molecule has 0 bridgehead atoms. The van der Waals surface area contributed by atoms with E-state index in [1.165, 1.54) is 0 Å². The molecule has 33 heavy (non-hydrogen) atoms. The van der Waals surface area contributed by atoms with Crippen LogP contribution in [0.5, 0.6) is 17.2 Å². The fraction of sp³-hybridized carbons (Fsp3) is 0.200. The number of hydrogen-bond donors (Lipinski definition) is 1. The number of hydrazone groups is 1. The van der Waals surface area contributed by atoms with Gasteiger partial charge in [0.25, 0.3) is 5.91 Å². The van der Waals surface area contributed by atoms with Gasteiger partial charge in [0.1, 0.15) is 12.4 Å². The lowest BCUT2D eigenvalue weighted by atomic mass is 10.2. The fourth-order valence-electron chi connectivity index (χ4n) is 2.91. The Morgan fingerprint density at radius 3 is 2.24 bits per heavy atom. The molecule has 0 saturated heterocycles. The number of rotatable bonds is 10. The van der Waals surface area contributed by atoms with Crippen molar-refractivity contribution < 1.29 is 19.0 Å². The first-order valence-electron chi connectivity index (χ1n) is 10.4. The molecule has 3 rings (SSSR count). The second-order valence-corrected chi connectivity index (χ2v) is 8.66. The Labute approximate surface area is 210 Å². The van der Waals surface area contributed by atoms with Crippen molar-refractivity contribution in [3.8, 4) is 17.2 Å². The molecule has 0 heterocycles. The predicted molar refractivity (Wildman–Crippen MR) is 136 cm³/mol. The number of nitrogens with one attached hydrogen (secondary N) is 1. The third-order valence-electron chi connectivity index (χ3n) is 4.45. The minimum atomic E-state index is -0.359. The average Bonchev–Trinajstić information content (AvgIpc) is 2.81. The lowest BCUT2D eigenvalue weighted by Crippen LogP contribution is -2.18. The Balaban J connectivity index is 1.69. The van der Waals surface area contributed by atoms with Crippen molar-refractivity contribution in [2.75, 3.05) is 13.2 Å². The Morgan fingerprint density at radius 2 is 1.52 bits per heavy atom. The molecule has 8 heteroatoms. The van der Waals surface area contributed by atoms with Crippen molar-refractivity contribution in [1.82, 2.24) is 5.43 Å². The van der Waals surface area contributed by atoms with Gasteiger partial charge in [-0.2, -0.15) is 5.10 Å². The third kappa shape index (κ3) is 7.33. The minimum absolute atomic E-state index is 0.359. The van der Waals surface area contributed by atoms with Crippen LogP contribution in [0.1, 0.15) is 35.3 Å². The van der Waals surface area contributed by atoms with E-state index in [9.17, 15) is 4.79 Å². The van der Waals surface area contributed by atoms with Crippen LogP contribution in [0.4, 0.5) is 0 Å². The molecule has 3 aromatic carbocycles. The number of amides is 1. The van der Waals surface area contributed by atoms with Gasteiger partial charge < -0.3 is 14.2 Å². The molecule has 0 aliphatic carbocycles. The van der Waals surface area contributed by atoms with Gasteiger partial charge in [0, 0.05) is 20.1 Å². The number of carbonyl (C=O) groups excluding carboxylic acids is 1. The van der Waals surface area contributed by atoms with Crippen LogP contribution < -0.4 is 19.6 Å². The Morgan fingerprint density at radius 1 is 0.848 bits per heavy atom. The van der Waals surface area contributed by atoms with Gasteiger partial charge in [-0.1, -0.05) is 44.0 Å². The van der Waals surface area contributed by atoms with Gasteiger partial charge in [-0.3, -0.25) is 4.79 Å². The van der Waals surface area contributed by atoms with Gasteiger partial charge in [-0.15, -0.1) is 0 Å². The molecule has 0 saturated carbocycles. The summed E-state index contributed by atoms with van der Waals surface area (Å²) in [6.07, 6.45) is 1.55. The first kappa shape index (κ1) is 24.8. The molecule has 6 nitrogen and oxygen atoms in total. The molecule has 0 aromatic heterocycles. The molecular weight excluding hydrogens is 552 g/mol. The van der Waals surface area contributed by atoms with Crippen molar-refractivity contribution in [3.63, 3.8) is 0 Å². The van der Waals surface area contributed by atoms with Crippen LogP contribution in [0.15, 0.2) is 74.7 Å². The number of hydrogen-bond acceptors (Lipinski definition) is 5. The normalized spacial score (nSPS) is 10.8. The molecule has 0 atom stereocenters. The van der Waals surface area contributed by atoms with Crippen LogP contribution in [0.2, 0.25) is 0 Å². The van der Waals surface area contributed by atoms with E-state index in [0.717, 1.165) is 20.1 Å². The van der Waals surface area contributed by atoms with Crippen LogP contribution >= 0.6 is 31.9 Å². The monoisotopic (exact) mass is 574 g/mol. The predicted octanol–water partition coefficient (Wildman–Crippen LogP) is 6.35. The highest BCUT2D eigenvalue weighted by Crippen LogP contribution is 2.28. The molecule has 172 valence electrons. The third-order valence-corrected chi connectivity index (χ3v) is 5.48. The van der Waals surface area contributed by atoms with Crippen LogP contribution in [0.25, 0.3) is 0 Å². The smallest absolute Gasteiger partial charge is 0.271 e. The molecule has 0 radical (unpaired) electrons. The summed E-state index contributed by atoms with van der Waals surface area (Å²) in [6, 6.07) is 18.6. The Kier molecular flexibility index (Phi) is 9.33. The summed E-state index contributed by atoms with van der Waals surface area (Å²) in [5.74, 6) is 1.41. The van der Waals surface area contributed by atoms with Crippen molar-refractivity contribution in [1.29, 1.82) is 0 Å². The number of carbonyl (C=O) groups is 1. The molecule has 1 amide bonds. The molecular formula is C25H24Br2N2O4. The second-order valence-electron chi connectivity index (χ2n) is 6.82. The number of halogens is 2. The van der Waals surface area contributed by atoms with E-state index in [4.69, 9.17) is 14.2 Å². The summed E-state index contributed by atoms with van der Waals surface area (Å²) >= 11 is 6.89. The van der Waals surface area contributed by atoms with E-state index in [-0.39, 0.29) is 5.91 Å². The van der Waals surface area contributed by atoms with E-state index >= 15 is 0 Å². The fourth-order valence-corrected chi connectivity index (χ4v) is 3.55. The van der Waals surface area contributed by atoms with Gasteiger partial charge in [0.05, 0.1) is 19.4 Å². The van der Waals surface area contributed by atoms with Crippen LogP contribution in [-0.2, 0) is 6.61 Å². The van der Waals surface area contributed by atoms with Gasteiger partial charge in [-0.25, -0.2) is 5.43 Å². The maximum absolute atomic E-state index is 12.6. The van der Waals surface area contributed by atoms with E-state index in [0.29, 0.717) is 42.6 Å². The van der Waals surface area contributed by atoms with Gasteiger partial charge in [0.15, 0.2) is 11.5 Å². The SMILES string of the molecule is CCOc1ccc(C(=O)N/N=C/c2cc(Br)ccc2OCc2ccc(Br)cc2)cc1OCC. The summed E-state index contributed by atoms with van der Waals surface area (Å²) in [7, 11) is 0. The van der Waals surface area contributed by atoms with Gasteiger partial charge >= 0.3 is 0 Å². The van der Waals surface area contributed by atoms with Crippen molar-refractivity contribution in [2.45, 2.75) is 20.5 Å². The number of ether oxygens (including phenoxy) is 3. The van der Waals surface area contributed by atoms with E-state index in [1.807, 2.05) is 56.3 Å². The minimum Gasteiger partial charge on any atom is -0.490 e. The molecule has 1 N–H and O–H groups in total. The highest BCUT2D eigenvalue weighted by atomic mass is 79.9. The lowest BCUT2D eigenvalue weighted by Gasteiger charge is -2.12. The van der Waals surface area contributed by atoms with Crippen molar-refractivity contribution >= 4 is 44.0 Å². The van der Waals surface area contributed by atoms with Gasteiger partial charge in [0.2, 0.25) is 0 Å². The summed E-state index contributed by atoms with van der Waals surface area (Å²) < 4.78 is 19.0. The Bertz CT molecular complexity index is 1120. The average molecular weight is 576 g/mol. The van der Waals surface area contributed by atoms with Crippen molar-refractivity contribution in [3.05, 3.63) is 86.3 Å². The summed E-state index contributed by atoms with van der Waals surface area (Å²) in [6.45, 7) is 5.16. The molecule has 3 aromatic rings. The molecule has 0 aliphatic rings. The second kappa shape index (κ2) is 12.4. The summed E-state index contributed by atoms with van der Waals surface area (Å²) in [5.41, 5.74) is 4.73. The maximum atomic E-state index is 12.6. The van der Waals surface area contributed by atoms with Crippen LogP contribution in [-0.4, -0.2) is 25.3 Å². The first-order valence-corrected chi connectivity index (χ1v) is 12.0. The van der Waals surface area contributed by atoms with Crippen molar-refractivity contribution in [2.24, 2.45) is 5.10 Å². The quantitative estimate of drug-likeness (QED) is 0.226. The Hall–Kier alpha value is -2.84. The van der Waals surface area contributed by atoms with Crippen LogP contribution in [0.3, 0.4) is 0 Å². The standard InChI is InChI=1S/C25H24Br2N2O4/c1-3-31-23-11-7-18(14-24(23)32-4-2)25(30)29-28-15-19-13-21(27)10-12-22(19)33-16-17-5-8-20(26)9-6-17/h5-15H,3-4,16H2,1-2H3,(H,29,30)/b28-15+. The van der Waals surface area contributed by atoms with Crippen LogP contribution in [0, 0.1) is 0 Å². The highest BCUT2D eigenvalue weighted by Gasteiger charge is 2.11. The highest BCUT2D eigenvalue weighted by molar-refractivity contribution is 9.10. The molecule has 0 fully saturated rings. The number of nitrogens with zero attached hydrogens (tertiary/aromatic N) is 1. The zero-order chi connectivity index (χ0) is 23.6. The topological polar surface area (TPSA) is 69.2 Å². The first-order chi connectivity index (χ1) is 16.0. The number of benzene rings is 3.